The Bertz CT molecular complexity index is 1330. The topological polar surface area (TPSA) is 103 Å². The van der Waals surface area contributed by atoms with Gasteiger partial charge in [-0.2, -0.15) is 9.78 Å². The third-order valence-corrected chi connectivity index (χ3v) is 7.63. The van der Waals surface area contributed by atoms with Crippen LogP contribution in [0.25, 0.3) is 15.3 Å². The molecule has 0 radical (unpaired) electrons. The molecular weight excluding hydrogens is 448 g/mol. The number of sulfone groups is 1. The second-order valence-corrected chi connectivity index (χ2v) is 10.3. The molecule has 2 aromatic heterocycles. The lowest BCUT2D eigenvalue weighted by molar-refractivity contribution is -0.116. The van der Waals surface area contributed by atoms with Gasteiger partial charge in [0.05, 0.1) is 33.7 Å². The number of amides is 1. The monoisotopic (exact) mass is 470 g/mol. The number of rotatable bonds is 8. The molecule has 2 aromatic carbocycles. The van der Waals surface area contributed by atoms with E-state index in [1.54, 1.807) is 22.9 Å². The van der Waals surface area contributed by atoms with Crippen molar-refractivity contribution in [2.45, 2.75) is 24.7 Å². The van der Waals surface area contributed by atoms with Crippen LogP contribution in [0.15, 0.2) is 59.5 Å². The molecular formula is C22H22N4O4S2. The van der Waals surface area contributed by atoms with Crippen molar-refractivity contribution >= 4 is 43.1 Å². The zero-order valence-corrected chi connectivity index (χ0v) is 19.2. The normalized spacial score (nSPS) is 11.6. The van der Waals surface area contributed by atoms with E-state index in [1.165, 1.54) is 30.6 Å². The molecule has 0 saturated carbocycles. The standard InChI is InChI=1S/C22H22N4O4S2/c1-15-14-20(26(25-15)22-23-18-6-3-4-7-19(18)31-22)24-21(27)8-5-13-32(28,29)17-11-9-16(30-2)10-12-17/h3-4,6-7,9-12,14H,5,8,13H2,1-2H3,(H,24,27). The Balaban J connectivity index is 1.40. The maximum absolute atomic E-state index is 12.5. The Morgan fingerprint density at radius 2 is 1.91 bits per heavy atom. The van der Waals surface area contributed by atoms with Crippen molar-refractivity contribution in [1.29, 1.82) is 0 Å². The van der Waals surface area contributed by atoms with Gasteiger partial charge in [-0.3, -0.25) is 4.79 Å². The lowest BCUT2D eigenvalue weighted by Gasteiger charge is -2.08. The first-order valence-electron chi connectivity index (χ1n) is 9.95. The number of carbonyl (C=O) groups is 1. The summed E-state index contributed by atoms with van der Waals surface area (Å²) in [4.78, 5) is 17.3. The minimum atomic E-state index is -3.48. The number of aromatic nitrogens is 3. The van der Waals surface area contributed by atoms with E-state index in [1.807, 2.05) is 31.2 Å². The number of benzene rings is 2. The maximum Gasteiger partial charge on any atom is 0.225 e. The molecule has 4 aromatic rings. The van der Waals surface area contributed by atoms with Gasteiger partial charge in [0.25, 0.3) is 0 Å². The second kappa shape index (κ2) is 9.09. The van der Waals surface area contributed by atoms with Gasteiger partial charge in [0.2, 0.25) is 11.0 Å². The van der Waals surface area contributed by atoms with E-state index in [2.05, 4.69) is 15.4 Å². The maximum atomic E-state index is 12.5. The highest BCUT2D eigenvalue weighted by atomic mass is 32.2. The fourth-order valence-electron chi connectivity index (χ4n) is 3.21. The first kappa shape index (κ1) is 22.0. The Kier molecular flexibility index (Phi) is 6.24. The number of hydrogen-bond donors (Lipinski definition) is 1. The van der Waals surface area contributed by atoms with Crippen molar-refractivity contribution in [1.82, 2.24) is 14.8 Å². The van der Waals surface area contributed by atoms with Gasteiger partial charge >= 0.3 is 0 Å². The van der Waals surface area contributed by atoms with Crippen LogP contribution in [0, 0.1) is 6.92 Å². The number of para-hydroxylation sites is 1. The van der Waals surface area contributed by atoms with E-state index in [9.17, 15) is 13.2 Å². The summed E-state index contributed by atoms with van der Waals surface area (Å²) in [5.74, 6) is 0.688. The van der Waals surface area contributed by atoms with E-state index in [4.69, 9.17) is 4.74 Å². The molecule has 166 valence electrons. The number of ether oxygens (including phenoxy) is 1. The number of nitrogens with zero attached hydrogens (tertiary/aromatic N) is 3. The van der Waals surface area contributed by atoms with Crippen molar-refractivity contribution in [3.8, 4) is 10.9 Å². The summed E-state index contributed by atoms with van der Waals surface area (Å²) in [7, 11) is -1.96. The summed E-state index contributed by atoms with van der Waals surface area (Å²) in [5.41, 5.74) is 1.60. The molecule has 0 spiro atoms. The Hall–Kier alpha value is -3.24. The molecule has 1 amide bonds. The van der Waals surface area contributed by atoms with E-state index in [0.29, 0.717) is 16.7 Å². The molecule has 1 N–H and O–H groups in total. The van der Waals surface area contributed by atoms with E-state index in [0.717, 1.165) is 15.9 Å². The minimum absolute atomic E-state index is 0.0689. The van der Waals surface area contributed by atoms with Gasteiger partial charge in [-0.1, -0.05) is 23.5 Å². The molecule has 2 heterocycles. The number of fused-ring (bicyclic) bond motifs is 1. The summed E-state index contributed by atoms with van der Waals surface area (Å²) >= 11 is 1.48. The average molecular weight is 471 g/mol. The summed E-state index contributed by atoms with van der Waals surface area (Å²) in [5, 5.41) is 7.93. The number of carbonyl (C=O) groups excluding carboxylic acids is 1. The largest absolute Gasteiger partial charge is 0.497 e. The lowest BCUT2D eigenvalue weighted by atomic mass is 10.3. The molecule has 8 nitrogen and oxygen atoms in total. The molecule has 0 aliphatic carbocycles. The van der Waals surface area contributed by atoms with Crippen molar-refractivity contribution in [3.05, 3.63) is 60.3 Å². The van der Waals surface area contributed by atoms with Gasteiger partial charge in [-0.15, -0.1) is 0 Å². The Morgan fingerprint density at radius 1 is 1.16 bits per heavy atom. The van der Waals surface area contributed by atoms with E-state index >= 15 is 0 Å². The zero-order chi connectivity index (χ0) is 22.7. The van der Waals surface area contributed by atoms with Gasteiger partial charge in [0.15, 0.2) is 9.84 Å². The van der Waals surface area contributed by atoms with Gasteiger partial charge in [-0.05, 0) is 49.7 Å². The van der Waals surface area contributed by atoms with Gasteiger partial charge < -0.3 is 10.1 Å². The van der Waals surface area contributed by atoms with Crippen LogP contribution >= 0.6 is 11.3 Å². The molecule has 0 fully saturated rings. The van der Waals surface area contributed by atoms with Crippen molar-refractivity contribution in [3.63, 3.8) is 0 Å². The van der Waals surface area contributed by atoms with Crippen LogP contribution in [0.5, 0.6) is 5.75 Å². The van der Waals surface area contributed by atoms with Gasteiger partial charge in [0, 0.05) is 12.5 Å². The van der Waals surface area contributed by atoms with Crippen molar-refractivity contribution in [2.75, 3.05) is 18.2 Å². The number of thiazole rings is 1. The smallest absolute Gasteiger partial charge is 0.225 e. The predicted molar refractivity (Wildman–Crippen MR) is 124 cm³/mol. The molecule has 4 rings (SSSR count). The number of hydrogen-bond acceptors (Lipinski definition) is 7. The summed E-state index contributed by atoms with van der Waals surface area (Å²) in [6, 6.07) is 15.8. The molecule has 0 unspecified atom stereocenters. The number of methoxy groups -OCH3 is 1. The van der Waals surface area contributed by atoms with Crippen molar-refractivity contribution < 1.29 is 17.9 Å². The lowest BCUT2D eigenvalue weighted by Crippen LogP contribution is -2.16. The van der Waals surface area contributed by atoms with Gasteiger partial charge in [-0.25, -0.2) is 13.4 Å². The molecule has 0 atom stereocenters. The van der Waals surface area contributed by atoms with Crippen LogP contribution in [0.4, 0.5) is 5.82 Å². The Morgan fingerprint density at radius 3 is 2.62 bits per heavy atom. The fourth-order valence-corrected chi connectivity index (χ4v) is 5.46. The zero-order valence-electron chi connectivity index (χ0n) is 17.6. The van der Waals surface area contributed by atoms with Crippen LogP contribution in [0.3, 0.4) is 0 Å². The highest BCUT2D eigenvalue weighted by Gasteiger charge is 2.17. The summed E-state index contributed by atoms with van der Waals surface area (Å²) in [6.07, 6.45) is 0.272. The van der Waals surface area contributed by atoms with Crippen molar-refractivity contribution in [2.24, 2.45) is 0 Å². The van der Waals surface area contributed by atoms with Crippen LogP contribution in [-0.4, -0.2) is 42.0 Å². The fraction of sp³-hybridized carbons (Fsp3) is 0.227. The highest BCUT2D eigenvalue weighted by Crippen LogP contribution is 2.27. The summed E-state index contributed by atoms with van der Waals surface area (Å²) < 4.78 is 32.7. The van der Waals surface area contributed by atoms with E-state index in [-0.39, 0.29) is 29.4 Å². The van der Waals surface area contributed by atoms with Crippen LogP contribution < -0.4 is 10.1 Å². The predicted octanol–water partition coefficient (Wildman–Crippen LogP) is 3.99. The molecule has 0 aliphatic heterocycles. The van der Waals surface area contributed by atoms with E-state index < -0.39 is 9.84 Å². The highest BCUT2D eigenvalue weighted by molar-refractivity contribution is 7.91. The number of nitrogens with one attached hydrogen (secondary N) is 1. The first-order chi connectivity index (χ1) is 15.4. The SMILES string of the molecule is COc1ccc(S(=O)(=O)CCCC(=O)Nc2cc(C)nn2-c2nc3ccccc3s2)cc1. The summed E-state index contributed by atoms with van der Waals surface area (Å²) in [6.45, 7) is 1.83. The van der Waals surface area contributed by atoms with Crippen LogP contribution in [0.1, 0.15) is 18.5 Å². The third kappa shape index (κ3) is 4.81. The van der Waals surface area contributed by atoms with Crippen LogP contribution in [0.2, 0.25) is 0 Å². The first-order valence-corrected chi connectivity index (χ1v) is 12.4. The molecule has 32 heavy (non-hydrogen) atoms. The van der Waals surface area contributed by atoms with Gasteiger partial charge in [0.1, 0.15) is 11.6 Å². The molecule has 10 heteroatoms. The average Bonchev–Trinajstić information content (AvgIpc) is 3.36. The molecule has 0 aliphatic rings. The minimum Gasteiger partial charge on any atom is -0.497 e. The molecule has 0 bridgehead atoms. The number of anilines is 1. The van der Waals surface area contributed by atoms with Crippen LogP contribution in [-0.2, 0) is 14.6 Å². The quantitative estimate of drug-likeness (QED) is 0.418. The Labute approximate surface area is 189 Å². The molecule has 0 saturated heterocycles. The number of aryl methyl sites for hydroxylation is 1. The second-order valence-electron chi connectivity index (χ2n) is 7.19. The third-order valence-electron chi connectivity index (χ3n) is 4.80.